The van der Waals surface area contributed by atoms with Gasteiger partial charge in [-0.05, 0) is 192 Å². The highest BCUT2D eigenvalue weighted by atomic mass is 14.4. The van der Waals surface area contributed by atoms with Gasteiger partial charge in [0.1, 0.15) is 0 Å². The molecular formula is C49H74. The summed E-state index contributed by atoms with van der Waals surface area (Å²) in [5, 5.41) is 0. The Kier molecular flexibility index (Phi) is 16.1. The van der Waals surface area contributed by atoms with E-state index < -0.39 is 0 Å². The molecule has 2 aromatic carbocycles. The number of hydrogen-bond donors (Lipinski definition) is 0. The van der Waals surface area contributed by atoms with E-state index in [9.17, 15) is 0 Å². The van der Waals surface area contributed by atoms with Crippen LogP contribution in [-0.2, 0) is 12.8 Å². The molecule has 6 rings (SSSR count). The molecule has 0 heteroatoms. The van der Waals surface area contributed by atoms with Crippen LogP contribution in [0.5, 0.6) is 0 Å². The normalized spacial score (nSPS) is 30.8. The van der Waals surface area contributed by atoms with Crippen molar-refractivity contribution in [3.05, 3.63) is 95.6 Å². The number of aryl methyl sites for hydroxylation is 2. The third kappa shape index (κ3) is 11.7. The molecule has 0 nitrogen and oxygen atoms in total. The lowest BCUT2D eigenvalue weighted by Crippen LogP contribution is -2.25. The van der Waals surface area contributed by atoms with E-state index in [1.54, 1.807) is 11.1 Å². The van der Waals surface area contributed by atoms with E-state index in [0.29, 0.717) is 0 Å². The fourth-order valence-electron chi connectivity index (χ4n) is 10.7. The van der Waals surface area contributed by atoms with Gasteiger partial charge in [-0.3, -0.25) is 0 Å². The van der Waals surface area contributed by atoms with Gasteiger partial charge in [-0.25, -0.2) is 0 Å². The number of allylic oxidation sites excluding steroid dienone is 3. The summed E-state index contributed by atoms with van der Waals surface area (Å²) in [7, 11) is 0. The average molecular weight is 663 g/mol. The SMILES string of the molecule is C/C=C/C1CCC(C2CCC(c3ccc(CCC)cc3)CC2)CC1.C=CCCC1CCC(C2CCC(c3ccc(CCC)cc3)CC2)CC1. The molecule has 0 atom stereocenters. The minimum atomic E-state index is 0.829. The van der Waals surface area contributed by atoms with Gasteiger partial charge in [-0.2, -0.15) is 0 Å². The van der Waals surface area contributed by atoms with Gasteiger partial charge in [0, 0.05) is 0 Å². The van der Waals surface area contributed by atoms with Crippen molar-refractivity contribution in [2.75, 3.05) is 0 Å². The summed E-state index contributed by atoms with van der Waals surface area (Å²) in [5.74, 6) is 7.64. The third-order valence-corrected chi connectivity index (χ3v) is 13.8. The summed E-state index contributed by atoms with van der Waals surface area (Å²) in [6.07, 6.45) is 37.8. The van der Waals surface area contributed by atoms with Gasteiger partial charge in [0.05, 0.1) is 0 Å². The third-order valence-electron chi connectivity index (χ3n) is 13.8. The first-order chi connectivity index (χ1) is 24.1. The molecule has 4 fully saturated rings. The van der Waals surface area contributed by atoms with Gasteiger partial charge in [-0.15, -0.1) is 6.58 Å². The first-order valence-electron chi connectivity index (χ1n) is 21.5. The standard InChI is InChI=1S/C25H38.C24H36/c1-3-5-7-21-10-14-23(15-11-21)25-18-16-24(17-19-25)22-12-8-20(6-4-2)9-13-22;1-3-5-19-7-11-21(12-8-19)23-15-17-24(18-16-23)22-13-9-20(6-4-2)10-14-22/h3,8-9,12-13,21,23-25H,1,4-7,10-11,14-19H2,2H3;3,5,9-10,13-14,19,21,23-24H,4,6-8,11-12,15-18H2,1-2H3/b;5-3+. The molecule has 49 heavy (non-hydrogen) atoms. The van der Waals surface area contributed by atoms with Crippen LogP contribution in [-0.4, -0.2) is 0 Å². The van der Waals surface area contributed by atoms with Crippen molar-refractivity contribution < 1.29 is 0 Å². The lowest BCUT2D eigenvalue weighted by molar-refractivity contribution is 0.157. The van der Waals surface area contributed by atoms with Crippen LogP contribution in [0.2, 0.25) is 0 Å². The fourth-order valence-corrected chi connectivity index (χ4v) is 10.7. The molecule has 0 saturated heterocycles. The van der Waals surface area contributed by atoms with Crippen molar-refractivity contribution >= 4 is 0 Å². The summed E-state index contributed by atoms with van der Waals surface area (Å²) in [4.78, 5) is 0. The summed E-state index contributed by atoms with van der Waals surface area (Å²) in [5.41, 5.74) is 6.22. The van der Waals surface area contributed by atoms with Crippen molar-refractivity contribution in [2.45, 2.75) is 174 Å². The zero-order valence-electron chi connectivity index (χ0n) is 32.2. The van der Waals surface area contributed by atoms with Crippen LogP contribution in [0.25, 0.3) is 0 Å². The van der Waals surface area contributed by atoms with Crippen LogP contribution >= 0.6 is 0 Å². The lowest BCUT2D eigenvalue weighted by Gasteiger charge is -2.38. The molecule has 0 N–H and O–H groups in total. The Bertz CT molecular complexity index is 1180. The summed E-state index contributed by atoms with van der Waals surface area (Å²) in [6.45, 7) is 10.6. The largest absolute Gasteiger partial charge is 0.103 e. The monoisotopic (exact) mass is 663 g/mol. The Labute approximate surface area is 304 Å². The van der Waals surface area contributed by atoms with Gasteiger partial charge < -0.3 is 0 Å². The van der Waals surface area contributed by atoms with E-state index in [0.717, 1.165) is 47.3 Å². The zero-order valence-corrected chi connectivity index (χ0v) is 32.2. The molecule has 4 aliphatic carbocycles. The number of rotatable bonds is 12. The first-order valence-corrected chi connectivity index (χ1v) is 21.5. The lowest BCUT2D eigenvalue weighted by atomic mass is 9.68. The molecule has 0 amide bonds. The van der Waals surface area contributed by atoms with E-state index in [4.69, 9.17) is 0 Å². The molecule has 0 aliphatic heterocycles. The fraction of sp³-hybridized carbons (Fsp3) is 0.673. The van der Waals surface area contributed by atoms with E-state index in [1.807, 2.05) is 0 Å². The van der Waals surface area contributed by atoms with E-state index in [-0.39, 0.29) is 0 Å². The van der Waals surface area contributed by atoms with E-state index in [2.05, 4.69) is 94.1 Å². The van der Waals surface area contributed by atoms with Crippen LogP contribution in [0, 0.1) is 35.5 Å². The highest BCUT2D eigenvalue weighted by Crippen LogP contribution is 2.46. The second-order valence-corrected chi connectivity index (χ2v) is 17.1. The van der Waals surface area contributed by atoms with Crippen LogP contribution in [0.4, 0.5) is 0 Å². The molecular weight excluding hydrogens is 589 g/mol. The molecule has 0 unspecified atom stereocenters. The highest BCUT2D eigenvalue weighted by Gasteiger charge is 2.32. The Morgan fingerprint density at radius 3 is 1.29 bits per heavy atom. The number of benzene rings is 2. The van der Waals surface area contributed by atoms with Crippen molar-refractivity contribution in [3.8, 4) is 0 Å². The van der Waals surface area contributed by atoms with Crippen LogP contribution in [0.1, 0.15) is 183 Å². The maximum absolute atomic E-state index is 3.88. The van der Waals surface area contributed by atoms with Gasteiger partial charge >= 0.3 is 0 Å². The topological polar surface area (TPSA) is 0 Å². The molecule has 270 valence electrons. The molecule has 0 bridgehead atoms. The minimum Gasteiger partial charge on any atom is -0.103 e. The van der Waals surface area contributed by atoms with Crippen molar-refractivity contribution in [1.82, 2.24) is 0 Å². The van der Waals surface area contributed by atoms with Crippen molar-refractivity contribution in [3.63, 3.8) is 0 Å². The molecule has 0 aromatic heterocycles. The van der Waals surface area contributed by atoms with Gasteiger partial charge in [-0.1, -0.05) is 106 Å². The second kappa shape index (κ2) is 20.7. The minimum absolute atomic E-state index is 0.829. The first kappa shape index (κ1) is 38.2. The van der Waals surface area contributed by atoms with Gasteiger partial charge in [0.15, 0.2) is 0 Å². The van der Waals surface area contributed by atoms with Crippen LogP contribution in [0.3, 0.4) is 0 Å². The Hall–Kier alpha value is -2.08. The van der Waals surface area contributed by atoms with Crippen molar-refractivity contribution in [1.29, 1.82) is 0 Å². The van der Waals surface area contributed by atoms with Crippen molar-refractivity contribution in [2.24, 2.45) is 35.5 Å². The summed E-state index contributed by atoms with van der Waals surface area (Å²) < 4.78 is 0. The predicted molar refractivity (Wildman–Crippen MR) is 215 cm³/mol. The molecule has 2 aromatic rings. The average Bonchev–Trinajstić information content (AvgIpc) is 3.16. The second-order valence-electron chi connectivity index (χ2n) is 17.1. The van der Waals surface area contributed by atoms with Crippen LogP contribution < -0.4 is 0 Å². The van der Waals surface area contributed by atoms with E-state index in [1.165, 1.54) is 152 Å². The van der Waals surface area contributed by atoms with Gasteiger partial charge in [0.2, 0.25) is 0 Å². The molecule has 0 heterocycles. The van der Waals surface area contributed by atoms with Crippen LogP contribution in [0.15, 0.2) is 73.3 Å². The Morgan fingerprint density at radius 2 is 0.918 bits per heavy atom. The Morgan fingerprint density at radius 1 is 0.531 bits per heavy atom. The maximum Gasteiger partial charge on any atom is -0.0162 e. The smallest absolute Gasteiger partial charge is 0.0162 e. The molecule has 0 radical (unpaired) electrons. The molecule has 4 aliphatic rings. The molecule has 0 spiro atoms. The maximum atomic E-state index is 3.88. The molecule has 4 saturated carbocycles. The summed E-state index contributed by atoms with van der Waals surface area (Å²) in [6, 6.07) is 19.1. The van der Waals surface area contributed by atoms with E-state index >= 15 is 0 Å². The zero-order chi connectivity index (χ0) is 34.3. The number of hydrogen-bond acceptors (Lipinski definition) is 0. The predicted octanol–water partition coefficient (Wildman–Crippen LogP) is 15.0. The Balaban J connectivity index is 0.000000191. The quantitative estimate of drug-likeness (QED) is 0.198. The van der Waals surface area contributed by atoms with Gasteiger partial charge in [0.25, 0.3) is 0 Å². The highest BCUT2D eigenvalue weighted by molar-refractivity contribution is 5.27. The summed E-state index contributed by atoms with van der Waals surface area (Å²) >= 11 is 0.